The van der Waals surface area contributed by atoms with Crippen LogP contribution in [0.1, 0.15) is 47.2 Å². The lowest BCUT2D eigenvalue weighted by Crippen LogP contribution is -2.26. The van der Waals surface area contributed by atoms with Gasteiger partial charge < -0.3 is 14.4 Å². The van der Waals surface area contributed by atoms with Crippen LogP contribution in [0.5, 0.6) is 11.5 Å². The summed E-state index contributed by atoms with van der Waals surface area (Å²) in [6.07, 6.45) is 0.488. The second-order valence-corrected chi connectivity index (χ2v) is 8.31. The van der Waals surface area contributed by atoms with Crippen molar-refractivity contribution in [1.82, 2.24) is 0 Å². The Balaban J connectivity index is 1.51. The Kier molecular flexibility index (Phi) is 5.93. The molecule has 4 rings (SSSR count). The van der Waals surface area contributed by atoms with Gasteiger partial charge in [0, 0.05) is 42.7 Å². The van der Waals surface area contributed by atoms with E-state index in [0.29, 0.717) is 12.2 Å². The lowest BCUT2D eigenvalue weighted by Gasteiger charge is -2.27. The molecule has 7 heteroatoms. The fourth-order valence-corrected chi connectivity index (χ4v) is 4.51. The minimum Gasteiger partial charge on any atom is -0.493 e. The molecule has 2 aromatic carbocycles. The minimum absolute atomic E-state index is 0.0429. The number of rotatable bonds is 6. The number of methoxy groups -OCH3 is 1. The van der Waals surface area contributed by atoms with Crippen molar-refractivity contribution in [3.63, 3.8) is 0 Å². The maximum absolute atomic E-state index is 12.8. The number of ether oxygens (including phenoxy) is 2. The highest BCUT2D eigenvalue weighted by molar-refractivity contribution is 5.96. The van der Waals surface area contributed by atoms with Crippen molar-refractivity contribution in [2.24, 2.45) is 5.92 Å². The van der Waals surface area contributed by atoms with Gasteiger partial charge in [0.2, 0.25) is 0 Å². The van der Waals surface area contributed by atoms with Crippen LogP contribution in [0.4, 0.5) is 18.9 Å². The van der Waals surface area contributed by atoms with Crippen molar-refractivity contribution in [1.29, 1.82) is 0 Å². The molecule has 170 valence electrons. The summed E-state index contributed by atoms with van der Waals surface area (Å²) in [5, 5.41) is 0. The van der Waals surface area contributed by atoms with Crippen molar-refractivity contribution in [3.05, 3.63) is 65.2 Å². The number of alkyl halides is 3. The van der Waals surface area contributed by atoms with Gasteiger partial charge >= 0.3 is 6.18 Å². The molecule has 32 heavy (non-hydrogen) atoms. The molecule has 1 aliphatic heterocycles. The number of allylic oxidation sites excluding steroid dienone is 1. The van der Waals surface area contributed by atoms with E-state index < -0.39 is 11.7 Å². The lowest BCUT2D eigenvalue weighted by molar-refractivity contribution is -0.137. The van der Waals surface area contributed by atoms with Gasteiger partial charge in [-0.25, -0.2) is 0 Å². The second-order valence-electron chi connectivity index (χ2n) is 8.31. The van der Waals surface area contributed by atoms with Crippen LogP contribution in [0, 0.1) is 5.92 Å². The molecule has 0 aromatic heterocycles. The molecule has 0 amide bonds. The normalized spacial score (nSPS) is 21.5. The van der Waals surface area contributed by atoms with Gasteiger partial charge in [0.1, 0.15) is 6.10 Å². The van der Waals surface area contributed by atoms with Gasteiger partial charge in [0.15, 0.2) is 17.3 Å². The molecule has 0 saturated heterocycles. The predicted octanol–water partition coefficient (Wildman–Crippen LogP) is 5.86. The first-order valence-corrected chi connectivity index (χ1v) is 10.7. The number of anilines is 1. The van der Waals surface area contributed by atoms with Gasteiger partial charge in [-0.05, 0) is 43.5 Å². The highest BCUT2D eigenvalue weighted by atomic mass is 19.4. The zero-order valence-electron chi connectivity index (χ0n) is 18.3. The molecule has 2 aromatic rings. The molecule has 0 spiro atoms. The third kappa shape index (κ3) is 4.08. The smallest absolute Gasteiger partial charge is 0.416 e. The molecule has 1 heterocycles. The molecule has 4 nitrogen and oxygen atoms in total. The lowest BCUT2D eigenvalue weighted by atomic mass is 9.80. The number of hydrogen-bond donors (Lipinski definition) is 0. The molecule has 0 fully saturated rings. The van der Waals surface area contributed by atoms with Crippen LogP contribution in [-0.2, 0) is 6.18 Å². The first-order valence-electron chi connectivity index (χ1n) is 10.7. The number of ketones is 1. The first kappa shape index (κ1) is 22.2. The summed E-state index contributed by atoms with van der Waals surface area (Å²) in [7, 11) is 3.65. The van der Waals surface area contributed by atoms with Crippen molar-refractivity contribution >= 4 is 11.5 Å². The van der Waals surface area contributed by atoms with Crippen LogP contribution in [0.3, 0.4) is 0 Å². The standard InChI is InChI=1S/C25H26F3NO3/c1-4-29(2)19-11-12-21(31-3)24-23(19)18-10-5-15(14-22(18)32-24)13-20(30)16-6-8-17(9-7-16)25(26,27)28/h5-12,15,18,22H,4,13-14H2,1-3H3. The summed E-state index contributed by atoms with van der Waals surface area (Å²) in [6.45, 7) is 2.94. The zero-order valence-corrected chi connectivity index (χ0v) is 18.3. The Bertz CT molecular complexity index is 1030. The molecular weight excluding hydrogens is 419 g/mol. The van der Waals surface area contributed by atoms with E-state index in [4.69, 9.17) is 9.47 Å². The number of carbonyl (C=O) groups is 1. The largest absolute Gasteiger partial charge is 0.493 e. The highest BCUT2D eigenvalue weighted by Crippen LogP contribution is 2.52. The minimum atomic E-state index is -4.41. The predicted molar refractivity (Wildman–Crippen MR) is 117 cm³/mol. The number of halogens is 3. The second kappa shape index (κ2) is 8.52. The van der Waals surface area contributed by atoms with E-state index in [1.54, 1.807) is 7.11 Å². The molecule has 0 saturated carbocycles. The van der Waals surface area contributed by atoms with E-state index in [0.717, 1.165) is 35.7 Å². The molecular formula is C25H26F3NO3. The monoisotopic (exact) mass is 445 g/mol. The molecule has 2 aliphatic rings. The summed E-state index contributed by atoms with van der Waals surface area (Å²) in [4.78, 5) is 14.8. The molecule has 0 N–H and O–H groups in total. The summed E-state index contributed by atoms with van der Waals surface area (Å²) in [6, 6.07) is 8.36. The third-order valence-corrected chi connectivity index (χ3v) is 6.35. The van der Waals surface area contributed by atoms with Gasteiger partial charge in [0.25, 0.3) is 0 Å². The third-order valence-electron chi connectivity index (χ3n) is 6.35. The average molecular weight is 445 g/mol. The van der Waals surface area contributed by atoms with Gasteiger partial charge in [-0.1, -0.05) is 24.3 Å². The zero-order chi connectivity index (χ0) is 23.0. The number of Topliss-reactive ketones (excluding diaryl/α,β-unsaturated/α-hetero) is 1. The van der Waals surface area contributed by atoms with Crippen LogP contribution < -0.4 is 14.4 Å². The number of nitrogens with zero attached hydrogens (tertiary/aromatic N) is 1. The Morgan fingerprint density at radius 1 is 1.16 bits per heavy atom. The van der Waals surface area contributed by atoms with E-state index in [1.807, 2.05) is 25.3 Å². The molecule has 0 bridgehead atoms. The van der Waals surface area contributed by atoms with Crippen LogP contribution in [0.25, 0.3) is 0 Å². The number of carbonyl (C=O) groups excluding carboxylic acids is 1. The fourth-order valence-electron chi connectivity index (χ4n) is 4.51. The highest BCUT2D eigenvalue weighted by Gasteiger charge is 2.41. The van der Waals surface area contributed by atoms with E-state index in [9.17, 15) is 18.0 Å². The first-order chi connectivity index (χ1) is 15.2. The van der Waals surface area contributed by atoms with E-state index in [2.05, 4.69) is 17.9 Å². The maximum atomic E-state index is 12.8. The summed E-state index contributed by atoms with van der Waals surface area (Å²) in [5.41, 5.74) is 1.73. The Morgan fingerprint density at radius 3 is 2.50 bits per heavy atom. The van der Waals surface area contributed by atoms with Crippen LogP contribution in [0.2, 0.25) is 0 Å². The molecule has 3 atom stereocenters. The Morgan fingerprint density at radius 2 is 1.88 bits per heavy atom. The number of benzene rings is 2. The van der Waals surface area contributed by atoms with Crippen molar-refractivity contribution in [2.45, 2.75) is 38.0 Å². The van der Waals surface area contributed by atoms with Crippen LogP contribution >= 0.6 is 0 Å². The van der Waals surface area contributed by atoms with E-state index in [-0.39, 0.29) is 35.7 Å². The summed E-state index contributed by atoms with van der Waals surface area (Å²) < 4.78 is 50.1. The Labute approximate surface area is 185 Å². The molecule has 3 unspecified atom stereocenters. The van der Waals surface area contributed by atoms with Gasteiger partial charge in [-0.15, -0.1) is 0 Å². The van der Waals surface area contributed by atoms with Gasteiger partial charge in [-0.2, -0.15) is 13.2 Å². The van der Waals surface area contributed by atoms with Crippen LogP contribution in [0.15, 0.2) is 48.6 Å². The maximum Gasteiger partial charge on any atom is 0.416 e. The number of fused-ring (bicyclic) bond motifs is 3. The SMILES string of the molecule is CCN(C)c1ccc(OC)c2c1C1C=CC(CC(=O)c3ccc(C(F)(F)F)cc3)CC1O2. The summed E-state index contributed by atoms with van der Waals surface area (Å²) in [5.74, 6) is 1.29. The van der Waals surface area contributed by atoms with Gasteiger partial charge in [0.05, 0.1) is 12.7 Å². The topological polar surface area (TPSA) is 38.8 Å². The van der Waals surface area contributed by atoms with Crippen LogP contribution in [-0.4, -0.2) is 32.6 Å². The fraction of sp³-hybridized carbons (Fsp3) is 0.400. The van der Waals surface area contributed by atoms with E-state index >= 15 is 0 Å². The Hall–Kier alpha value is -2.96. The van der Waals surface area contributed by atoms with Crippen molar-refractivity contribution < 1.29 is 27.4 Å². The van der Waals surface area contributed by atoms with Gasteiger partial charge in [-0.3, -0.25) is 4.79 Å². The quantitative estimate of drug-likeness (QED) is 0.412. The number of hydrogen-bond acceptors (Lipinski definition) is 4. The van der Waals surface area contributed by atoms with E-state index in [1.165, 1.54) is 12.1 Å². The summed E-state index contributed by atoms with van der Waals surface area (Å²) >= 11 is 0. The average Bonchev–Trinajstić information content (AvgIpc) is 3.16. The van der Waals surface area contributed by atoms with Crippen molar-refractivity contribution in [2.75, 3.05) is 25.6 Å². The molecule has 0 radical (unpaired) electrons. The van der Waals surface area contributed by atoms with Crippen molar-refractivity contribution in [3.8, 4) is 11.5 Å². The molecule has 1 aliphatic carbocycles.